The molecule has 0 bridgehead atoms. The highest BCUT2D eigenvalue weighted by atomic mass is 79.9. The van der Waals surface area contributed by atoms with Crippen molar-refractivity contribution < 1.29 is 4.74 Å². The molecule has 1 heterocycles. The molecule has 104 valence electrons. The fraction of sp³-hybridized carbons (Fsp3) is 0.625. The highest BCUT2D eigenvalue weighted by Crippen LogP contribution is 2.45. The molecule has 1 aliphatic heterocycles. The quantitative estimate of drug-likeness (QED) is 0.921. The van der Waals surface area contributed by atoms with Crippen LogP contribution in [0, 0.1) is 5.92 Å². The number of halogens is 1. The van der Waals surface area contributed by atoms with Crippen molar-refractivity contribution in [2.45, 2.75) is 50.2 Å². The molecule has 2 unspecified atom stereocenters. The Morgan fingerprint density at radius 3 is 2.84 bits per heavy atom. The average molecular weight is 324 g/mol. The van der Waals surface area contributed by atoms with Crippen LogP contribution in [0.4, 0.5) is 0 Å². The summed E-state index contributed by atoms with van der Waals surface area (Å²) in [6.45, 7) is 0.897. The van der Waals surface area contributed by atoms with Crippen molar-refractivity contribution in [1.29, 1.82) is 0 Å². The third-order valence-electron chi connectivity index (χ3n) is 4.81. The van der Waals surface area contributed by atoms with Crippen LogP contribution in [0.1, 0.15) is 37.7 Å². The van der Waals surface area contributed by atoms with Gasteiger partial charge < -0.3 is 10.5 Å². The van der Waals surface area contributed by atoms with Gasteiger partial charge in [0.15, 0.2) is 0 Å². The van der Waals surface area contributed by atoms with Crippen LogP contribution in [0.5, 0.6) is 0 Å². The summed E-state index contributed by atoms with van der Waals surface area (Å²) in [7, 11) is 0. The van der Waals surface area contributed by atoms with Crippen molar-refractivity contribution in [3.8, 4) is 0 Å². The molecule has 0 radical (unpaired) electrons. The fourth-order valence-electron chi connectivity index (χ4n) is 3.44. The number of nitrogens with two attached hydrogens (primary N) is 1. The Bertz CT molecular complexity index is 444. The predicted molar refractivity (Wildman–Crippen MR) is 81.1 cm³/mol. The van der Waals surface area contributed by atoms with E-state index >= 15 is 0 Å². The largest absolute Gasteiger partial charge is 0.375 e. The Kier molecular flexibility index (Phi) is 3.97. The normalized spacial score (nSPS) is 26.9. The molecule has 2 fully saturated rings. The van der Waals surface area contributed by atoms with Crippen LogP contribution in [-0.4, -0.2) is 18.2 Å². The lowest BCUT2D eigenvalue weighted by Gasteiger charge is -2.48. The molecule has 1 aromatic rings. The summed E-state index contributed by atoms with van der Waals surface area (Å²) in [4.78, 5) is 0. The molecule has 1 saturated heterocycles. The molecule has 1 spiro atoms. The molecule has 3 heteroatoms. The van der Waals surface area contributed by atoms with E-state index in [0.29, 0.717) is 5.92 Å². The van der Waals surface area contributed by atoms with Crippen molar-refractivity contribution >= 4 is 15.9 Å². The zero-order chi connectivity index (χ0) is 13.3. The molecule has 2 N–H and O–H groups in total. The molecule has 2 atom stereocenters. The smallest absolute Gasteiger partial charge is 0.0685 e. The summed E-state index contributed by atoms with van der Waals surface area (Å²) in [6.07, 6.45) is 7.05. The maximum absolute atomic E-state index is 6.47. The van der Waals surface area contributed by atoms with Gasteiger partial charge in [0.1, 0.15) is 0 Å². The Morgan fingerprint density at radius 1 is 1.37 bits per heavy atom. The predicted octanol–water partition coefficient (Wildman–Crippen LogP) is 3.67. The summed E-state index contributed by atoms with van der Waals surface area (Å²) in [6, 6.07) is 8.66. The van der Waals surface area contributed by atoms with Crippen LogP contribution in [-0.2, 0) is 11.2 Å². The van der Waals surface area contributed by atoms with Crippen molar-refractivity contribution in [2.75, 3.05) is 6.61 Å². The van der Waals surface area contributed by atoms with Crippen LogP contribution in [0.15, 0.2) is 28.7 Å². The minimum absolute atomic E-state index is 0.203. The summed E-state index contributed by atoms with van der Waals surface area (Å²) >= 11 is 3.62. The topological polar surface area (TPSA) is 35.2 Å². The molecule has 1 aliphatic carbocycles. The third kappa shape index (κ3) is 2.88. The maximum atomic E-state index is 6.47. The minimum Gasteiger partial charge on any atom is -0.375 e. The van der Waals surface area contributed by atoms with Crippen LogP contribution in [0.25, 0.3) is 0 Å². The molecular formula is C16H22BrNO. The maximum Gasteiger partial charge on any atom is 0.0685 e. The van der Waals surface area contributed by atoms with E-state index in [2.05, 4.69) is 40.2 Å². The standard InChI is InChI=1S/C16H22BrNO/c17-14-5-2-1-4-12(14)10-15(18)13-6-9-19-16(11-13)7-3-8-16/h1-2,4-5,13,15H,3,6-11,18H2. The SMILES string of the molecule is NC(Cc1ccccc1Br)C1CCOC2(CCC2)C1. The van der Waals surface area contributed by atoms with Gasteiger partial charge in [0, 0.05) is 17.1 Å². The molecular weight excluding hydrogens is 302 g/mol. The first-order valence-corrected chi connectivity index (χ1v) is 8.11. The first-order valence-electron chi connectivity index (χ1n) is 7.31. The van der Waals surface area contributed by atoms with Gasteiger partial charge in [-0.25, -0.2) is 0 Å². The van der Waals surface area contributed by atoms with Gasteiger partial charge in [-0.2, -0.15) is 0 Å². The van der Waals surface area contributed by atoms with Crippen LogP contribution in [0.3, 0.4) is 0 Å². The lowest BCUT2D eigenvalue weighted by molar-refractivity contribution is -0.145. The van der Waals surface area contributed by atoms with Gasteiger partial charge in [-0.1, -0.05) is 34.1 Å². The molecule has 2 nitrogen and oxygen atoms in total. The lowest BCUT2D eigenvalue weighted by atomic mass is 9.70. The van der Waals surface area contributed by atoms with Gasteiger partial charge >= 0.3 is 0 Å². The molecule has 1 aromatic carbocycles. The summed E-state index contributed by atoms with van der Waals surface area (Å²) < 4.78 is 7.17. The van der Waals surface area contributed by atoms with E-state index in [-0.39, 0.29) is 11.6 Å². The van der Waals surface area contributed by atoms with Gasteiger partial charge in [0.2, 0.25) is 0 Å². The van der Waals surface area contributed by atoms with E-state index in [1.54, 1.807) is 0 Å². The van der Waals surface area contributed by atoms with Crippen molar-refractivity contribution in [2.24, 2.45) is 11.7 Å². The molecule has 2 aliphatic rings. The van der Waals surface area contributed by atoms with E-state index in [0.717, 1.165) is 19.4 Å². The second-order valence-corrected chi connectivity index (χ2v) is 6.95. The zero-order valence-electron chi connectivity index (χ0n) is 11.3. The Labute approximate surface area is 123 Å². The number of benzene rings is 1. The first-order chi connectivity index (χ1) is 9.19. The van der Waals surface area contributed by atoms with E-state index in [4.69, 9.17) is 10.5 Å². The fourth-order valence-corrected chi connectivity index (χ4v) is 3.88. The monoisotopic (exact) mass is 323 g/mol. The average Bonchev–Trinajstić information content (AvgIpc) is 2.40. The number of rotatable bonds is 3. The van der Waals surface area contributed by atoms with E-state index in [1.807, 2.05) is 0 Å². The first kappa shape index (κ1) is 13.6. The molecule has 3 rings (SSSR count). The van der Waals surface area contributed by atoms with Gasteiger partial charge in [-0.15, -0.1) is 0 Å². The number of hydrogen-bond acceptors (Lipinski definition) is 2. The van der Waals surface area contributed by atoms with Crippen molar-refractivity contribution in [1.82, 2.24) is 0 Å². The van der Waals surface area contributed by atoms with Crippen LogP contribution in [0.2, 0.25) is 0 Å². The van der Waals surface area contributed by atoms with E-state index < -0.39 is 0 Å². The molecule has 0 aromatic heterocycles. The van der Waals surface area contributed by atoms with E-state index in [9.17, 15) is 0 Å². The van der Waals surface area contributed by atoms with Crippen molar-refractivity contribution in [3.63, 3.8) is 0 Å². The Balaban J connectivity index is 1.64. The minimum atomic E-state index is 0.203. The lowest BCUT2D eigenvalue weighted by Crippen LogP contribution is -2.49. The van der Waals surface area contributed by atoms with Gasteiger partial charge in [-0.3, -0.25) is 0 Å². The van der Waals surface area contributed by atoms with Gasteiger partial charge in [-0.05, 0) is 56.1 Å². The second-order valence-electron chi connectivity index (χ2n) is 6.10. The number of ether oxygens (including phenoxy) is 1. The zero-order valence-corrected chi connectivity index (χ0v) is 12.9. The highest BCUT2D eigenvalue weighted by Gasteiger charge is 2.43. The highest BCUT2D eigenvalue weighted by molar-refractivity contribution is 9.10. The van der Waals surface area contributed by atoms with E-state index in [1.165, 1.54) is 35.7 Å². The van der Waals surface area contributed by atoms with Crippen molar-refractivity contribution in [3.05, 3.63) is 34.3 Å². The van der Waals surface area contributed by atoms with Gasteiger partial charge in [0.25, 0.3) is 0 Å². The number of hydrogen-bond donors (Lipinski definition) is 1. The Hall–Kier alpha value is -0.380. The molecule has 0 amide bonds. The summed E-state index contributed by atoms with van der Waals surface area (Å²) in [5.74, 6) is 0.612. The summed E-state index contributed by atoms with van der Waals surface area (Å²) in [5, 5.41) is 0. The summed E-state index contributed by atoms with van der Waals surface area (Å²) in [5.41, 5.74) is 8.00. The molecule has 19 heavy (non-hydrogen) atoms. The second kappa shape index (κ2) is 5.55. The van der Waals surface area contributed by atoms with Crippen LogP contribution < -0.4 is 5.73 Å². The third-order valence-corrected chi connectivity index (χ3v) is 5.59. The molecule has 1 saturated carbocycles. The van der Waals surface area contributed by atoms with Crippen LogP contribution >= 0.6 is 15.9 Å². The Morgan fingerprint density at radius 2 is 2.16 bits per heavy atom. The van der Waals surface area contributed by atoms with Gasteiger partial charge in [0.05, 0.1) is 5.60 Å².